The molecule has 0 fully saturated rings. The van der Waals surface area contributed by atoms with E-state index < -0.39 is 0 Å². The maximum atomic E-state index is 4.42. The lowest BCUT2D eigenvalue weighted by molar-refractivity contribution is 0.618. The van der Waals surface area contributed by atoms with E-state index in [1.807, 2.05) is 10.6 Å². The minimum Gasteiger partial charge on any atom is -0.370 e. The molecule has 3 aromatic rings. The number of rotatable bonds is 7. The number of nitrogens with zero attached hydrogens (tertiary/aromatic N) is 7. The number of aromatic nitrogens is 7. The third kappa shape index (κ3) is 3.15. The molecule has 8 heteroatoms. The summed E-state index contributed by atoms with van der Waals surface area (Å²) in [7, 11) is 0. The van der Waals surface area contributed by atoms with Gasteiger partial charge in [0.2, 0.25) is 0 Å². The van der Waals surface area contributed by atoms with Gasteiger partial charge in [-0.25, -0.2) is 4.98 Å². The second kappa shape index (κ2) is 6.29. The van der Waals surface area contributed by atoms with Gasteiger partial charge in [-0.2, -0.15) is 14.6 Å². The van der Waals surface area contributed by atoms with E-state index in [2.05, 4.69) is 37.5 Å². The number of hydrogen-bond acceptors (Lipinski definition) is 6. The van der Waals surface area contributed by atoms with Crippen molar-refractivity contribution in [2.75, 3.05) is 11.9 Å². The number of nitrogens with one attached hydrogen (secondary N) is 1. The number of aryl methyl sites for hydroxylation is 2. The Morgan fingerprint density at radius 3 is 2.86 bits per heavy atom. The van der Waals surface area contributed by atoms with Crippen LogP contribution in [-0.4, -0.2) is 40.9 Å². The van der Waals surface area contributed by atoms with Crippen LogP contribution in [0.15, 0.2) is 25.0 Å². The summed E-state index contributed by atoms with van der Waals surface area (Å²) in [5.41, 5.74) is 1.02. The molecule has 0 bridgehead atoms. The van der Waals surface area contributed by atoms with E-state index in [-0.39, 0.29) is 0 Å². The molecule has 0 aliphatic carbocycles. The third-order valence-corrected chi connectivity index (χ3v) is 3.28. The Hall–Kier alpha value is -2.51. The van der Waals surface area contributed by atoms with Crippen molar-refractivity contribution in [2.45, 2.75) is 32.7 Å². The normalized spacial score (nSPS) is 11.1. The SMILES string of the molecule is CCc1cc(NCCCCn2cnnc2)n2ncnc2n1. The van der Waals surface area contributed by atoms with Crippen LogP contribution in [0.4, 0.5) is 5.82 Å². The summed E-state index contributed by atoms with van der Waals surface area (Å²) in [4.78, 5) is 8.57. The minimum absolute atomic E-state index is 0.640. The zero-order valence-electron chi connectivity index (χ0n) is 12.0. The first-order valence-corrected chi connectivity index (χ1v) is 7.13. The highest BCUT2D eigenvalue weighted by Crippen LogP contribution is 2.11. The highest BCUT2D eigenvalue weighted by atomic mass is 15.3. The van der Waals surface area contributed by atoms with Crippen LogP contribution < -0.4 is 5.32 Å². The molecular formula is C13H18N8. The van der Waals surface area contributed by atoms with E-state index >= 15 is 0 Å². The summed E-state index contributed by atoms with van der Waals surface area (Å²) in [6.07, 6.45) is 8.01. The van der Waals surface area contributed by atoms with E-state index in [4.69, 9.17) is 0 Å². The molecule has 0 saturated heterocycles. The Balaban J connectivity index is 1.56. The fourth-order valence-electron chi connectivity index (χ4n) is 2.14. The quantitative estimate of drug-likeness (QED) is 0.656. The molecule has 0 saturated carbocycles. The third-order valence-electron chi connectivity index (χ3n) is 3.28. The van der Waals surface area contributed by atoms with Gasteiger partial charge in [0, 0.05) is 24.8 Å². The van der Waals surface area contributed by atoms with Gasteiger partial charge in [0.1, 0.15) is 24.8 Å². The van der Waals surface area contributed by atoms with Gasteiger partial charge in [0.05, 0.1) is 0 Å². The summed E-state index contributed by atoms with van der Waals surface area (Å²) in [6, 6.07) is 2.03. The lowest BCUT2D eigenvalue weighted by atomic mass is 10.3. The standard InChI is InChI=1S/C13H18N8/c1-2-11-7-12(21-13(19-11)15-8-18-21)14-5-3-4-6-20-9-16-17-10-20/h7-10,14H,2-6H2,1H3. The minimum atomic E-state index is 0.640. The Bertz CT molecular complexity index is 687. The van der Waals surface area contributed by atoms with E-state index in [9.17, 15) is 0 Å². The lowest BCUT2D eigenvalue weighted by Gasteiger charge is -2.09. The van der Waals surface area contributed by atoms with Crippen LogP contribution in [0.5, 0.6) is 0 Å². The van der Waals surface area contributed by atoms with E-state index in [1.165, 1.54) is 6.33 Å². The van der Waals surface area contributed by atoms with Gasteiger partial charge in [-0.15, -0.1) is 10.2 Å². The molecule has 0 amide bonds. The molecule has 21 heavy (non-hydrogen) atoms. The number of hydrogen-bond donors (Lipinski definition) is 1. The van der Waals surface area contributed by atoms with Gasteiger partial charge >= 0.3 is 0 Å². The molecule has 3 heterocycles. The van der Waals surface area contributed by atoms with Gasteiger partial charge in [0.25, 0.3) is 5.78 Å². The van der Waals surface area contributed by atoms with Crippen molar-refractivity contribution < 1.29 is 0 Å². The van der Waals surface area contributed by atoms with E-state index in [1.54, 1.807) is 17.2 Å². The molecular weight excluding hydrogens is 268 g/mol. The Kier molecular flexibility index (Phi) is 4.04. The largest absolute Gasteiger partial charge is 0.370 e. The van der Waals surface area contributed by atoms with Crippen LogP contribution in [0.1, 0.15) is 25.5 Å². The van der Waals surface area contributed by atoms with Crippen LogP contribution in [0.3, 0.4) is 0 Å². The smallest absolute Gasteiger partial charge is 0.254 e. The van der Waals surface area contributed by atoms with Crippen LogP contribution in [-0.2, 0) is 13.0 Å². The second-order valence-corrected chi connectivity index (χ2v) is 4.79. The van der Waals surface area contributed by atoms with E-state index in [0.717, 1.165) is 43.9 Å². The van der Waals surface area contributed by atoms with Gasteiger partial charge in [-0.05, 0) is 19.3 Å². The van der Waals surface area contributed by atoms with Crippen LogP contribution in [0.25, 0.3) is 5.78 Å². The molecule has 0 unspecified atom stereocenters. The summed E-state index contributed by atoms with van der Waals surface area (Å²) >= 11 is 0. The first-order valence-electron chi connectivity index (χ1n) is 7.13. The molecule has 0 spiro atoms. The first kappa shape index (κ1) is 13.5. The van der Waals surface area contributed by atoms with Crippen molar-refractivity contribution in [3.63, 3.8) is 0 Å². The molecule has 3 aromatic heterocycles. The molecule has 0 aliphatic rings. The summed E-state index contributed by atoms with van der Waals surface area (Å²) in [5.74, 6) is 1.58. The lowest BCUT2D eigenvalue weighted by Crippen LogP contribution is -2.09. The van der Waals surface area contributed by atoms with Crippen LogP contribution in [0.2, 0.25) is 0 Å². The number of unbranched alkanes of at least 4 members (excludes halogenated alkanes) is 1. The van der Waals surface area contributed by atoms with E-state index in [0.29, 0.717) is 5.78 Å². The predicted octanol–water partition coefficient (Wildman–Crippen LogP) is 1.17. The van der Waals surface area contributed by atoms with Gasteiger partial charge in [-0.1, -0.05) is 6.92 Å². The highest BCUT2D eigenvalue weighted by molar-refractivity contribution is 5.44. The molecule has 0 radical (unpaired) electrons. The zero-order chi connectivity index (χ0) is 14.5. The monoisotopic (exact) mass is 286 g/mol. The Labute approximate surface area is 122 Å². The molecule has 0 atom stereocenters. The summed E-state index contributed by atoms with van der Waals surface area (Å²) in [6.45, 7) is 3.90. The van der Waals surface area contributed by atoms with Crippen molar-refractivity contribution in [3.8, 4) is 0 Å². The molecule has 1 N–H and O–H groups in total. The highest BCUT2D eigenvalue weighted by Gasteiger charge is 2.05. The molecule has 110 valence electrons. The summed E-state index contributed by atoms with van der Waals surface area (Å²) < 4.78 is 3.72. The molecule has 0 aliphatic heterocycles. The fourth-order valence-corrected chi connectivity index (χ4v) is 2.14. The first-order chi connectivity index (χ1) is 10.4. The van der Waals surface area contributed by atoms with Crippen molar-refractivity contribution in [1.29, 1.82) is 0 Å². The van der Waals surface area contributed by atoms with Crippen molar-refractivity contribution >= 4 is 11.6 Å². The number of anilines is 1. The van der Waals surface area contributed by atoms with Crippen molar-refractivity contribution in [2.24, 2.45) is 0 Å². The van der Waals surface area contributed by atoms with Crippen molar-refractivity contribution in [3.05, 3.63) is 30.7 Å². The van der Waals surface area contributed by atoms with Crippen LogP contribution in [0, 0.1) is 0 Å². The predicted molar refractivity (Wildman–Crippen MR) is 77.9 cm³/mol. The maximum Gasteiger partial charge on any atom is 0.254 e. The second-order valence-electron chi connectivity index (χ2n) is 4.79. The molecule has 8 nitrogen and oxygen atoms in total. The van der Waals surface area contributed by atoms with Crippen molar-refractivity contribution in [1.82, 2.24) is 34.3 Å². The average molecular weight is 286 g/mol. The van der Waals surface area contributed by atoms with Crippen LogP contribution >= 0.6 is 0 Å². The van der Waals surface area contributed by atoms with Gasteiger partial charge in [0.15, 0.2) is 0 Å². The fraction of sp³-hybridized carbons (Fsp3) is 0.462. The number of fused-ring (bicyclic) bond motifs is 1. The Morgan fingerprint density at radius 1 is 1.19 bits per heavy atom. The molecule has 3 rings (SSSR count). The topological polar surface area (TPSA) is 85.8 Å². The zero-order valence-corrected chi connectivity index (χ0v) is 12.0. The van der Waals surface area contributed by atoms with Gasteiger partial charge < -0.3 is 9.88 Å². The molecule has 0 aromatic carbocycles. The maximum absolute atomic E-state index is 4.42. The average Bonchev–Trinajstić information content (AvgIpc) is 3.17. The Morgan fingerprint density at radius 2 is 2.05 bits per heavy atom. The van der Waals surface area contributed by atoms with Gasteiger partial charge in [-0.3, -0.25) is 0 Å². The summed E-state index contributed by atoms with van der Waals surface area (Å²) in [5, 5.41) is 15.2.